The molecular weight excluding hydrogens is 404 g/mol. The Balaban J connectivity index is 1.78. The van der Waals surface area contributed by atoms with E-state index in [9.17, 15) is 9.59 Å². The lowest BCUT2D eigenvalue weighted by Crippen LogP contribution is -2.48. The minimum Gasteiger partial charge on any atom is -0.332 e. The first-order chi connectivity index (χ1) is 15.0. The van der Waals surface area contributed by atoms with Gasteiger partial charge in [0.1, 0.15) is 6.54 Å². The van der Waals surface area contributed by atoms with Crippen LogP contribution in [0.3, 0.4) is 0 Å². The van der Waals surface area contributed by atoms with Crippen molar-refractivity contribution in [3.05, 3.63) is 57.8 Å². The van der Waals surface area contributed by atoms with Gasteiger partial charge in [0.15, 0.2) is 0 Å². The van der Waals surface area contributed by atoms with Gasteiger partial charge >= 0.3 is 0 Å². The zero-order valence-corrected chi connectivity index (χ0v) is 20.0. The highest BCUT2D eigenvalue weighted by Crippen LogP contribution is 2.27. The van der Waals surface area contributed by atoms with Crippen LogP contribution in [-0.4, -0.2) is 34.2 Å². The van der Waals surface area contributed by atoms with Gasteiger partial charge in [-0.3, -0.25) is 9.59 Å². The highest BCUT2D eigenvalue weighted by atomic mass is 32.1. The lowest BCUT2D eigenvalue weighted by atomic mass is 9.88. The lowest BCUT2D eigenvalue weighted by molar-refractivity contribution is -0.146. The first-order valence-electron chi connectivity index (χ1n) is 11.6. The molecule has 2 amide bonds. The zero-order valence-electron chi connectivity index (χ0n) is 19.2. The number of rotatable bonds is 9. The Bertz CT molecular complexity index is 842. The summed E-state index contributed by atoms with van der Waals surface area (Å²) < 4.78 is 0. The van der Waals surface area contributed by atoms with Gasteiger partial charge in [-0.25, -0.2) is 0 Å². The summed E-state index contributed by atoms with van der Waals surface area (Å²) in [5, 5.41) is 2.08. The summed E-state index contributed by atoms with van der Waals surface area (Å²) in [5.41, 5.74) is 2.33. The molecule has 1 unspecified atom stereocenters. The number of hydrogen-bond acceptors (Lipinski definition) is 3. The van der Waals surface area contributed by atoms with Crippen molar-refractivity contribution in [2.24, 2.45) is 5.92 Å². The van der Waals surface area contributed by atoms with Gasteiger partial charge in [-0.1, -0.05) is 56.5 Å². The molecule has 1 fully saturated rings. The summed E-state index contributed by atoms with van der Waals surface area (Å²) >= 11 is 1.69. The van der Waals surface area contributed by atoms with Crippen molar-refractivity contribution in [2.75, 3.05) is 6.54 Å². The van der Waals surface area contributed by atoms with Crippen molar-refractivity contribution in [3.8, 4) is 0 Å². The molecule has 1 aromatic heterocycles. The molecule has 1 aliphatic rings. The third-order valence-corrected chi connectivity index (χ3v) is 7.55. The third kappa shape index (κ3) is 6.42. The second kappa shape index (κ2) is 11.5. The van der Waals surface area contributed by atoms with Gasteiger partial charge in [0, 0.05) is 23.4 Å². The number of benzene rings is 1. The van der Waals surface area contributed by atoms with Crippen molar-refractivity contribution < 1.29 is 9.59 Å². The van der Waals surface area contributed by atoms with Gasteiger partial charge < -0.3 is 9.80 Å². The molecule has 1 aliphatic carbocycles. The first kappa shape index (κ1) is 23.5. The maximum absolute atomic E-state index is 13.5. The number of carbonyl (C=O) groups is 2. The van der Waals surface area contributed by atoms with Gasteiger partial charge in [-0.05, 0) is 55.7 Å². The summed E-state index contributed by atoms with van der Waals surface area (Å²) in [5.74, 6) is 0.285. The van der Waals surface area contributed by atoms with Crippen LogP contribution >= 0.6 is 11.3 Å². The Morgan fingerprint density at radius 3 is 2.39 bits per heavy atom. The standard InChI is InChI=1S/C26H36N2O2S/c1-4-21(3)28(26(30)23-13-9-6-10-14-23)19-25(29)27(17-22-11-7-5-8-12-22)18-24-20(2)15-16-31-24/h5,7-8,11-12,15-16,21,23H,4,6,9-10,13-14,17-19H2,1-3H3. The minimum atomic E-state index is 0.0288. The van der Waals surface area contributed by atoms with Crippen LogP contribution in [0.4, 0.5) is 0 Å². The zero-order chi connectivity index (χ0) is 22.2. The number of amides is 2. The third-order valence-electron chi connectivity index (χ3n) is 6.54. The molecule has 1 heterocycles. The Labute approximate surface area is 191 Å². The van der Waals surface area contributed by atoms with E-state index in [1.807, 2.05) is 28.0 Å². The van der Waals surface area contributed by atoms with Crippen molar-refractivity contribution in [1.82, 2.24) is 9.80 Å². The van der Waals surface area contributed by atoms with Gasteiger partial charge in [0.25, 0.3) is 0 Å². The van der Waals surface area contributed by atoms with E-state index in [4.69, 9.17) is 0 Å². The molecule has 0 saturated heterocycles. The highest BCUT2D eigenvalue weighted by Gasteiger charge is 2.31. The smallest absolute Gasteiger partial charge is 0.242 e. The molecule has 168 valence electrons. The van der Waals surface area contributed by atoms with Crippen molar-refractivity contribution in [3.63, 3.8) is 0 Å². The van der Waals surface area contributed by atoms with Crippen LogP contribution in [0.2, 0.25) is 0 Å². The van der Waals surface area contributed by atoms with Crippen LogP contribution in [0.15, 0.2) is 41.8 Å². The van der Waals surface area contributed by atoms with Crippen LogP contribution in [0.5, 0.6) is 0 Å². The number of nitrogens with zero attached hydrogens (tertiary/aromatic N) is 2. The molecule has 5 heteroatoms. The molecule has 1 atom stereocenters. The molecule has 31 heavy (non-hydrogen) atoms. The van der Waals surface area contributed by atoms with E-state index in [0.717, 1.165) is 37.7 Å². The van der Waals surface area contributed by atoms with Gasteiger partial charge in [-0.2, -0.15) is 0 Å². The summed E-state index contributed by atoms with van der Waals surface area (Å²) in [4.78, 5) is 31.9. The van der Waals surface area contributed by atoms with E-state index in [2.05, 4.69) is 44.4 Å². The predicted molar refractivity (Wildman–Crippen MR) is 128 cm³/mol. The molecule has 0 N–H and O–H groups in total. The summed E-state index contributed by atoms with van der Waals surface area (Å²) in [7, 11) is 0. The number of aryl methyl sites for hydroxylation is 1. The Morgan fingerprint density at radius 1 is 1.06 bits per heavy atom. The maximum atomic E-state index is 13.5. The monoisotopic (exact) mass is 440 g/mol. The van der Waals surface area contributed by atoms with Crippen molar-refractivity contribution in [2.45, 2.75) is 78.4 Å². The Hall–Kier alpha value is -2.14. The normalized spacial score (nSPS) is 15.5. The molecule has 0 radical (unpaired) electrons. The van der Waals surface area contributed by atoms with Gasteiger partial charge in [-0.15, -0.1) is 11.3 Å². The fraction of sp³-hybridized carbons (Fsp3) is 0.538. The average molecular weight is 441 g/mol. The quantitative estimate of drug-likeness (QED) is 0.495. The molecule has 1 saturated carbocycles. The maximum Gasteiger partial charge on any atom is 0.242 e. The molecular formula is C26H36N2O2S. The van der Waals surface area contributed by atoms with Crippen LogP contribution < -0.4 is 0 Å². The topological polar surface area (TPSA) is 40.6 Å². The van der Waals surface area contributed by atoms with Gasteiger partial charge in [0.05, 0.1) is 6.54 Å². The molecule has 0 bridgehead atoms. The lowest BCUT2D eigenvalue weighted by Gasteiger charge is -2.34. The number of hydrogen-bond donors (Lipinski definition) is 0. The van der Waals surface area contributed by atoms with E-state index in [0.29, 0.717) is 13.1 Å². The summed E-state index contributed by atoms with van der Waals surface area (Å²) in [6.07, 6.45) is 6.24. The molecule has 3 rings (SSSR count). The Morgan fingerprint density at radius 2 is 1.77 bits per heavy atom. The van der Waals surface area contributed by atoms with E-state index >= 15 is 0 Å². The highest BCUT2D eigenvalue weighted by molar-refractivity contribution is 7.10. The van der Waals surface area contributed by atoms with Crippen molar-refractivity contribution in [1.29, 1.82) is 0 Å². The molecule has 1 aromatic carbocycles. The molecule has 0 aliphatic heterocycles. The van der Waals surface area contributed by atoms with Crippen LogP contribution in [0.25, 0.3) is 0 Å². The minimum absolute atomic E-state index is 0.0288. The fourth-order valence-corrected chi connectivity index (χ4v) is 5.20. The summed E-state index contributed by atoms with van der Waals surface area (Å²) in [6, 6.07) is 12.3. The predicted octanol–water partition coefficient (Wildman–Crippen LogP) is 5.79. The second-order valence-electron chi connectivity index (χ2n) is 8.82. The van der Waals surface area contributed by atoms with E-state index in [-0.39, 0.29) is 30.3 Å². The number of thiophene rings is 1. The SMILES string of the molecule is CCC(C)N(CC(=O)N(Cc1ccccc1)Cc1sccc1C)C(=O)C1CCCCC1. The largest absolute Gasteiger partial charge is 0.332 e. The molecule has 0 spiro atoms. The second-order valence-corrected chi connectivity index (χ2v) is 9.82. The van der Waals surface area contributed by atoms with E-state index < -0.39 is 0 Å². The van der Waals surface area contributed by atoms with Crippen LogP contribution in [0.1, 0.15) is 68.4 Å². The first-order valence-corrected chi connectivity index (χ1v) is 12.5. The number of carbonyl (C=O) groups excluding carboxylic acids is 2. The van der Waals surface area contributed by atoms with E-state index in [1.54, 1.807) is 11.3 Å². The fourth-order valence-electron chi connectivity index (χ4n) is 4.28. The Kier molecular flexibility index (Phi) is 8.70. The summed E-state index contributed by atoms with van der Waals surface area (Å²) in [6.45, 7) is 7.56. The van der Waals surface area contributed by atoms with Crippen LogP contribution in [0, 0.1) is 12.8 Å². The van der Waals surface area contributed by atoms with E-state index in [1.165, 1.54) is 16.9 Å². The molecule has 2 aromatic rings. The molecule has 4 nitrogen and oxygen atoms in total. The van der Waals surface area contributed by atoms with Gasteiger partial charge in [0.2, 0.25) is 11.8 Å². The van der Waals surface area contributed by atoms with Crippen molar-refractivity contribution >= 4 is 23.2 Å². The average Bonchev–Trinajstić information content (AvgIpc) is 3.21. The van der Waals surface area contributed by atoms with Crippen LogP contribution in [-0.2, 0) is 22.7 Å².